The lowest BCUT2D eigenvalue weighted by molar-refractivity contribution is -0.116. The monoisotopic (exact) mass is 412 g/mol. The molecule has 4 nitrogen and oxygen atoms in total. The SMILES string of the molecule is Cc1cc(Br)c(NC(=O)Cn2cccc(C)c2=O)c(Br)c1. The van der Waals surface area contributed by atoms with E-state index < -0.39 is 0 Å². The third-order valence-corrected chi connectivity index (χ3v) is 4.23. The van der Waals surface area contributed by atoms with Gasteiger partial charge in [-0.25, -0.2) is 0 Å². The summed E-state index contributed by atoms with van der Waals surface area (Å²) in [5.74, 6) is -0.257. The van der Waals surface area contributed by atoms with E-state index in [0.29, 0.717) is 11.3 Å². The van der Waals surface area contributed by atoms with E-state index in [1.807, 2.05) is 19.1 Å². The molecule has 0 bridgehead atoms. The van der Waals surface area contributed by atoms with E-state index in [1.165, 1.54) is 4.57 Å². The molecule has 0 atom stereocenters. The first-order valence-electron chi connectivity index (χ1n) is 6.30. The summed E-state index contributed by atoms with van der Waals surface area (Å²) in [6.07, 6.45) is 1.61. The Morgan fingerprint density at radius 2 is 1.86 bits per heavy atom. The smallest absolute Gasteiger partial charge is 0.253 e. The van der Waals surface area contributed by atoms with E-state index in [1.54, 1.807) is 25.3 Å². The molecule has 110 valence electrons. The summed E-state index contributed by atoms with van der Waals surface area (Å²) in [6.45, 7) is 3.67. The Hall–Kier alpha value is -1.40. The fourth-order valence-electron chi connectivity index (χ4n) is 1.93. The van der Waals surface area contributed by atoms with E-state index >= 15 is 0 Å². The van der Waals surface area contributed by atoms with Gasteiger partial charge in [-0.3, -0.25) is 9.59 Å². The van der Waals surface area contributed by atoms with E-state index in [2.05, 4.69) is 37.2 Å². The van der Waals surface area contributed by atoms with Crippen LogP contribution >= 0.6 is 31.9 Å². The standard InChI is InChI=1S/C15H14Br2N2O2/c1-9-6-11(16)14(12(17)7-9)18-13(20)8-19-5-3-4-10(2)15(19)21/h3-7H,8H2,1-2H3,(H,18,20). The largest absolute Gasteiger partial charge is 0.323 e. The Morgan fingerprint density at radius 3 is 2.48 bits per heavy atom. The molecule has 1 aromatic heterocycles. The second-order valence-electron chi connectivity index (χ2n) is 4.78. The molecular weight excluding hydrogens is 400 g/mol. The zero-order valence-electron chi connectivity index (χ0n) is 11.6. The van der Waals surface area contributed by atoms with Crippen molar-refractivity contribution in [2.75, 3.05) is 5.32 Å². The third-order valence-electron chi connectivity index (χ3n) is 2.98. The number of benzene rings is 1. The Kier molecular flexibility index (Phi) is 5.00. The van der Waals surface area contributed by atoms with Crippen LogP contribution in [0.3, 0.4) is 0 Å². The molecule has 1 amide bonds. The molecule has 1 heterocycles. The number of rotatable bonds is 3. The molecule has 0 aliphatic rings. The Balaban J connectivity index is 2.20. The number of aryl methyl sites for hydroxylation is 2. The van der Waals surface area contributed by atoms with Gasteiger partial charge in [-0.15, -0.1) is 0 Å². The number of aromatic nitrogens is 1. The van der Waals surface area contributed by atoms with Crippen LogP contribution in [0.5, 0.6) is 0 Å². The predicted molar refractivity (Wildman–Crippen MR) is 90.6 cm³/mol. The number of halogens is 2. The highest BCUT2D eigenvalue weighted by Crippen LogP contribution is 2.32. The van der Waals surface area contributed by atoms with Crippen molar-refractivity contribution in [1.82, 2.24) is 4.57 Å². The van der Waals surface area contributed by atoms with Gasteiger partial charge in [0.1, 0.15) is 6.54 Å². The average molecular weight is 414 g/mol. The fourth-order valence-corrected chi connectivity index (χ4v) is 3.55. The van der Waals surface area contributed by atoms with Crippen molar-refractivity contribution in [3.8, 4) is 0 Å². The van der Waals surface area contributed by atoms with Gasteiger partial charge in [0, 0.05) is 20.7 Å². The van der Waals surface area contributed by atoms with Crippen LogP contribution in [0.25, 0.3) is 0 Å². The normalized spacial score (nSPS) is 10.5. The first-order valence-corrected chi connectivity index (χ1v) is 7.88. The number of nitrogens with one attached hydrogen (secondary N) is 1. The number of carbonyl (C=O) groups is 1. The first kappa shape index (κ1) is 16.0. The lowest BCUT2D eigenvalue weighted by atomic mass is 10.2. The van der Waals surface area contributed by atoms with Crippen molar-refractivity contribution in [3.05, 3.63) is 60.9 Å². The minimum absolute atomic E-state index is 0.0206. The van der Waals surface area contributed by atoms with Gasteiger partial charge in [0.05, 0.1) is 5.69 Å². The fraction of sp³-hybridized carbons (Fsp3) is 0.200. The van der Waals surface area contributed by atoms with Crippen molar-refractivity contribution >= 4 is 43.5 Å². The van der Waals surface area contributed by atoms with Crippen LogP contribution in [0.15, 0.2) is 44.2 Å². The number of pyridine rings is 1. The molecule has 1 aromatic carbocycles. The van der Waals surface area contributed by atoms with Gasteiger partial charge in [0.25, 0.3) is 5.56 Å². The molecule has 1 N–H and O–H groups in total. The highest BCUT2D eigenvalue weighted by molar-refractivity contribution is 9.11. The Labute approximate surface area is 139 Å². The van der Waals surface area contributed by atoms with Crippen LogP contribution in [0.1, 0.15) is 11.1 Å². The summed E-state index contributed by atoms with van der Waals surface area (Å²) in [6, 6.07) is 7.31. The summed E-state index contributed by atoms with van der Waals surface area (Å²) >= 11 is 6.85. The van der Waals surface area contributed by atoms with Crippen LogP contribution < -0.4 is 10.9 Å². The molecule has 0 radical (unpaired) electrons. The second kappa shape index (κ2) is 6.58. The molecule has 0 fully saturated rings. The van der Waals surface area contributed by atoms with Gasteiger partial charge in [-0.05, 0) is 69.5 Å². The zero-order valence-corrected chi connectivity index (χ0v) is 14.8. The van der Waals surface area contributed by atoms with Gasteiger partial charge in [0.15, 0.2) is 0 Å². The number of carbonyl (C=O) groups excluding carboxylic acids is 1. The molecule has 0 saturated carbocycles. The van der Waals surface area contributed by atoms with Crippen LogP contribution in [0.2, 0.25) is 0 Å². The van der Waals surface area contributed by atoms with Gasteiger partial charge in [-0.2, -0.15) is 0 Å². The Bertz CT molecular complexity index is 731. The van der Waals surface area contributed by atoms with Gasteiger partial charge in [0.2, 0.25) is 5.91 Å². The molecule has 0 unspecified atom stereocenters. The van der Waals surface area contributed by atoms with Crippen molar-refractivity contribution in [2.45, 2.75) is 20.4 Å². The summed E-state index contributed by atoms with van der Waals surface area (Å²) < 4.78 is 2.97. The second-order valence-corrected chi connectivity index (χ2v) is 6.48. The Morgan fingerprint density at radius 1 is 1.24 bits per heavy atom. The van der Waals surface area contributed by atoms with Gasteiger partial charge in [-0.1, -0.05) is 6.07 Å². The summed E-state index contributed by atoms with van der Waals surface area (Å²) in [5, 5.41) is 2.81. The van der Waals surface area contributed by atoms with Crippen LogP contribution in [-0.2, 0) is 11.3 Å². The molecule has 0 aliphatic heterocycles. The first-order chi connectivity index (χ1) is 9.88. The van der Waals surface area contributed by atoms with E-state index in [4.69, 9.17) is 0 Å². The molecular formula is C15H14Br2N2O2. The number of hydrogen-bond donors (Lipinski definition) is 1. The van der Waals surface area contributed by atoms with Crippen molar-refractivity contribution in [2.24, 2.45) is 0 Å². The summed E-state index contributed by atoms with van der Waals surface area (Å²) in [4.78, 5) is 24.0. The topological polar surface area (TPSA) is 51.1 Å². The number of hydrogen-bond acceptors (Lipinski definition) is 2. The number of nitrogens with zero attached hydrogens (tertiary/aromatic N) is 1. The maximum absolute atomic E-state index is 12.1. The molecule has 0 aliphatic carbocycles. The van der Waals surface area contributed by atoms with Gasteiger partial charge < -0.3 is 9.88 Å². The zero-order chi connectivity index (χ0) is 15.6. The number of anilines is 1. The molecule has 6 heteroatoms. The molecule has 2 aromatic rings. The third kappa shape index (κ3) is 3.83. The van der Waals surface area contributed by atoms with Gasteiger partial charge >= 0.3 is 0 Å². The molecule has 0 spiro atoms. The highest BCUT2D eigenvalue weighted by Gasteiger charge is 2.11. The van der Waals surface area contributed by atoms with E-state index in [-0.39, 0.29) is 18.0 Å². The van der Waals surface area contributed by atoms with Crippen molar-refractivity contribution in [3.63, 3.8) is 0 Å². The maximum Gasteiger partial charge on any atom is 0.253 e. The molecule has 2 rings (SSSR count). The van der Waals surface area contributed by atoms with E-state index in [0.717, 1.165) is 14.5 Å². The maximum atomic E-state index is 12.1. The molecule has 0 saturated heterocycles. The number of amides is 1. The lowest BCUT2D eigenvalue weighted by Crippen LogP contribution is -2.28. The quantitative estimate of drug-likeness (QED) is 0.835. The minimum atomic E-state index is -0.257. The predicted octanol–water partition coefficient (Wildman–Crippen LogP) is 3.63. The van der Waals surface area contributed by atoms with Crippen molar-refractivity contribution < 1.29 is 4.79 Å². The van der Waals surface area contributed by atoms with Crippen LogP contribution in [0, 0.1) is 13.8 Å². The van der Waals surface area contributed by atoms with Crippen molar-refractivity contribution in [1.29, 1.82) is 0 Å². The van der Waals surface area contributed by atoms with Crippen LogP contribution in [0.4, 0.5) is 5.69 Å². The average Bonchev–Trinajstić information content (AvgIpc) is 2.39. The molecule has 21 heavy (non-hydrogen) atoms. The van der Waals surface area contributed by atoms with E-state index in [9.17, 15) is 9.59 Å². The van der Waals surface area contributed by atoms with Crippen LogP contribution in [-0.4, -0.2) is 10.5 Å². The summed E-state index contributed by atoms with van der Waals surface area (Å²) in [7, 11) is 0. The lowest BCUT2D eigenvalue weighted by Gasteiger charge is -2.12. The minimum Gasteiger partial charge on any atom is -0.323 e. The highest BCUT2D eigenvalue weighted by atomic mass is 79.9. The summed E-state index contributed by atoms with van der Waals surface area (Å²) in [5.41, 5.74) is 2.19.